The summed E-state index contributed by atoms with van der Waals surface area (Å²) in [5.41, 5.74) is 6.81. The van der Waals surface area contributed by atoms with E-state index in [4.69, 9.17) is 5.73 Å². The molecule has 0 radical (unpaired) electrons. The molecule has 0 unspecified atom stereocenters. The Bertz CT molecular complexity index is 554. The van der Waals surface area contributed by atoms with Crippen molar-refractivity contribution >= 4 is 27.5 Å². The van der Waals surface area contributed by atoms with Crippen LogP contribution in [0.3, 0.4) is 0 Å². The summed E-state index contributed by atoms with van der Waals surface area (Å²) in [6.45, 7) is 0.665. The first-order chi connectivity index (χ1) is 8.63. The highest BCUT2D eigenvalue weighted by molar-refractivity contribution is 9.10. The van der Waals surface area contributed by atoms with E-state index in [2.05, 4.69) is 31.3 Å². The zero-order chi connectivity index (χ0) is 13.0. The van der Waals surface area contributed by atoms with Crippen molar-refractivity contribution in [2.24, 2.45) is 5.73 Å². The minimum absolute atomic E-state index is 0.0802. The van der Waals surface area contributed by atoms with Crippen molar-refractivity contribution in [1.29, 1.82) is 0 Å². The number of nitrogens with two attached hydrogens (primary N) is 1. The molecule has 2 rings (SSSR count). The molecule has 0 bridgehead atoms. The molecule has 0 spiro atoms. The SMILES string of the molecule is NC(=O)Cn1cc(NCc2cccc(Br)n2)cn1. The fourth-order valence-corrected chi connectivity index (χ4v) is 1.82. The van der Waals surface area contributed by atoms with Crippen molar-refractivity contribution in [2.75, 3.05) is 5.32 Å². The summed E-state index contributed by atoms with van der Waals surface area (Å²) in [5.74, 6) is -0.418. The van der Waals surface area contributed by atoms with E-state index in [-0.39, 0.29) is 6.54 Å². The van der Waals surface area contributed by atoms with E-state index < -0.39 is 5.91 Å². The normalized spacial score (nSPS) is 10.3. The molecule has 2 aromatic heterocycles. The summed E-state index contributed by atoms with van der Waals surface area (Å²) in [4.78, 5) is 15.0. The fourth-order valence-electron chi connectivity index (χ4n) is 1.44. The van der Waals surface area contributed by atoms with Gasteiger partial charge in [-0.15, -0.1) is 0 Å². The van der Waals surface area contributed by atoms with Gasteiger partial charge in [0.15, 0.2) is 0 Å². The smallest absolute Gasteiger partial charge is 0.239 e. The Kier molecular flexibility index (Phi) is 3.93. The third-order valence-electron chi connectivity index (χ3n) is 2.20. The first-order valence-corrected chi connectivity index (χ1v) is 6.09. The number of nitrogens with one attached hydrogen (secondary N) is 1. The molecule has 0 aliphatic carbocycles. The lowest BCUT2D eigenvalue weighted by atomic mass is 10.3. The molecule has 2 heterocycles. The number of rotatable bonds is 5. The summed E-state index contributed by atoms with van der Waals surface area (Å²) in [7, 11) is 0. The van der Waals surface area contributed by atoms with Gasteiger partial charge in [0.2, 0.25) is 5.91 Å². The predicted octanol–water partition coefficient (Wildman–Crippen LogP) is 1.14. The van der Waals surface area contributed by atoms with Crippen LogP contribution in [0.25, 0.3) is 0 Å². The summed E-state index contributed by atoms with van der Waals surface area (Å²) in [6, 6.07) is 5.71. The van der Waals surface area contributed by atoms with Gasteiger partial charge in [-0.2, -0.15) is 5.10 Å². The van der Waals surface area contributed by atoms with Crippen molar-refractivity contribution in [3.8, 4) is 0 Å². The Labute approximate surface area is 112 Å². The average molecular weight is 310 g/mol. The van der Waals surface area contributed by atoms with Gasteiger partial charge in [-0.1, -0.05) is 6.07 Å². The van der Waals surface area contributed by atoms with Crippen molar-refractivity contribution in [3.63, 3.8) is 0 Å². The number of carbonyl (C=O) groups is 1. The zero-order valence-corrected chi connectivity index (χ0v) is 11.1. The Morgan fingerprint density at radius 1 is 1.50 bits per heavy atom. The molecule has 0 saturated carbocycles. The quantitative estimate of drug-likeness (QED) is 0.811. The lowest BCUT2D eigenvalue weighted by Crippen LogP contribution is -2.18. The number of hydrogen-bond donors (Lipinski definition) is 2. The molecule has 94 valence electrons. The van der Waals surface area contributed by atoms with Crippen molar-refractivity contribution in [3.05, 3.63) is 40.9 Å². The van der Waals surface area contributed by atoms with Gasteiger partial charge in [-0.05, 0) is 28.1 Å². The van der Waals surface area contributed by atoms with Gasteiger partial charge < -0.3 is 11.1 Å². The molecule has 2 aromatic rings. The predicted molar refractivity (Wildman–Crippen MR) is 70.7 cm³/mol. The highest BCUT2D eigenvalue weighted by Gasteiger charge is 2.01. The molecule has 7 heteroatoms. The molecule has 18 heavy (non-hydrogen) atoms. The van der Waals surface area contributed by atoms with Crippen molar-refractivity contribution in [1.82, 2.24) is 14.8 Å². The van der Waals surface area contributed by atoms with Crippen LogP contribution in [0.2, 0.25) is 0 Å². The number of primary amides is 1. The van der Waals surface area contributed by atoms with Gasteiger partial charge in [-0.25, -0.2) is 4.98 Å². The molecular weight excluding hydrogens is 298 g/mol. The Morgan fingerprint density at radius 2 is 2.33 bits per heavy atom. The third-order valence-corrected chi connectivity index (χ3v) is 2.64. The van der Waals surface area contributed by atoms with Crippen LogP contribution in [0, 0.1) is 0 Å². The van der Waals surface area contributed by atoms with E-state index >= 15 is 0 Å². The number of carbonyl (C=O) groups excluding carboxylic acids is 1. The van der Waals surface area contributed by atoms with E-state index in [1.54, 1.807) is 12.4 Å². The van der Waals surface area contributed by atoms with Crippen LogP contribution >= 0.6 is 15.9 Å². The van der Waals surface area contributed by atoms with Gasteiger partial charge in [0.25, 0.3) is 0 Å². The highest BCUT2D eigenvalue weighted by Crippen LogP contribution is 2.09. The van der Waals surface area contributed by atoms with Crippen LogP contribution in [-0.2, 0) is 17.9 Å². The zero-order valence-electron chi connectivity index (χ0n) is 9.51. The van der Waals surface area contributed by atoms with E-state index in [1.807, 2.05) is 18.2 Å². The maximum atomic E-state index is 10.7. The summed E-state index contributed by atoms with van der Waals surface area (Å²) in [6.07, 6.45) is 3.36. The maximum absolute atomic E-state index is 10.7. The van der Waals surface area contributed by atoms with E-state index in [1.165, 1.54) is 4.68 Å². The third kappa shape index (κ3) is 3.56. The number of halogens is 1. The lowest BCUT2D eigenvalue weighted by molar-refractivity contribution is -0.118. The largest absolute Gasteiger partial charge is 0.377 e. The van der Waals surface area contributed by atoms with Crippen LogP contribution in [0.15, 0.2) is 35.2 Å². The second-order valence-electron chi connectivity index (χ2n) is 3.70. The number of amides is 1. The molecule has 1 amide bonds. The molecule has 0 aromatic carbocycles. The Hall–Kier alpha value is -1.89. The summed E-state index contributed by atoms with van der Waals surface area (Å²) in [5, 5.41) is 7.17. The number of pyridine rings is 1. The van der Waals surface area contributed by atoms with Gasteiger partial charge in [-0.3, -0.25) is 9.48 Å². The highest BCUT2D eigenvalue weighted by atomic mass is 79.9. The minimum Gasteiger partial charge on any atom is -0.377 e. The fraction of sp³-hybridized carbons (Fsp3) is 0.182. The van der Waals surface area contributed by atoms with E-state index in [0.717, 1.165) is 16.0 Å². The molecule has 0 aliphatic heterocycles. The van der Waals surface area contributed by atoms with Crippen LogP contribution < -0.4 is 11.1 Å². The number of aromatic nitrogens is 3. The van der Waals surface area contributed by atoms with Crippen molar-refractivity contribution < 1.29 is 4.79 Å². The minimum atomic E-state index is -0.418. The lowest BCUT2D eigenvalue weighted by Gasteiger charge is -2.03. The summed E-state index contributed by atoms with van der Waals surface area (Å²) >= 11 is 3.31. The Balaban J connectivity index is 1.94. The maximum Gasteiger partial charge on any atom is 0.239 e. The van der Waals surface area contributed by atoms with Crippen LogP contribution in [0.5, 0.6) is 0 Å². The monoisotopic (exact) mass is 309 g/mol. The number of anilines is 1. The van der Waals surface area contributed by atoms with Gasteiger partial charge in [0, 0.05) is 6.20 Å². The second-order valence-corrected chi connectivity index (χ2v) is 4.51. The van der Waals surface area contributed by atoms with E-state index in [0.29, 0.717) is 6.54 Å². The van der Waals surface area contributed by atoms with Crippen LogP contribution in [-0.4, -0.2) is 20.7 Å². The average Bonchev–Trinajstić information content (AvgIpc) is 2.73. The number of nitrogens with zero attached hydrogens (tertiary/aromatic N) is 3. The van der Waals surface area contributed by atoms with Crippen LogP contribution in [0.1, 0.15) is 5.69 Å². The molecular formula is C11H12BrN5O. The Morgan fingerprint density at radius 3 is 3.06 bits per heavy atom. The number of hydrogen-bond acceptors (Lipinski definition) is 4. The van der Waals surface area contributed by atoms with Crippen LogP contribution in [0.4, 0.5) is 5.69 Å². The standard InChI is InChI=1S/C11H12BrN5O/c12-10-3-1-2-8(16-10)4-14-9-5-15-17(6-9)7-11(13)18/h1-3,5-6,14H,4,7H2,(H2,13,18). The second kappa shape index (κ2) is 5.63. The molecule has 0 saturated heterocycles. The van der Waals surface area contributed by atoms with E-state index in [9.17, 15) is 4.79 Å². The summed E-state index contributed by atoms with van der Waals surface area (Å²) < 4.78 is 2.28. The molecule has 3 N–H and O–H groups in total. The molecule has 0 fully saturated rings. The molecule has 0 atom stereocenters. The molecule has 0 aliphatic rings. The van der Waals surface area contributed by atoms with Crippen molar-refractivity contribution in [2.45, 2.75) is 13.1 Å². The van der Waals surface area contributed by atoms with Gasteiger partial charge in [0.05, 0.1) is 24.1 Å². The van der Waals surface area contributed by atoms with Gasteiger partial charge in [0.1, 0.15) is 11.1 Å². The topological polar surface area (TPSA) is 85.8 Å². The molecule has 6 nitrogen and oxygen atoms in total. The first-order valence-electron chi connectivity index (χ1n) is 5.29. The first kappa shape index (κ1) is 12.6. The van der Waals surface area contributed by atoms with Gasteiger partial charge >= 0.3 is 0 Å².